The molecule has 8 nitrogen and oxygen atoms in total. The number of carbonyl (C=O) groups excluding carboxylic acids is 1. The Kier molecular flexibility index (Phi) is 8.18. The second-order valence-corrected chi connectivity index (χ2v) is 9.49. The molecule has 0 aliphatic carbocycles. The third kappa shape index (κ3) is 5.83. The van der Waals surface area contributed by atoms with Gasteiger partial charge in [0.1, 0.15) is 17.4 Å². The van der Waals surface area contributed by atoms with Crippen molar-refractivity contribution in [2.24, 2.45) is 5.92 Å². The highest BCUT2D eigenvalue weighted by Crippen LogP contribution is 2.31. The number of aliphatic hydroxyl groups excluding tert-OH is 1. The Bertz CT molecular complexity index is 1170. The Labute approximate surface area is 212 Å². The lowest BCUT2D eigenvalue weighted by atomic mass is 9.99. The number of amides is 1. The van der Waals surface area contributed by atoms with Crippen molar-refractivity contribution in [1.82, 2.24) is 19.8 Å². The molecule has 4 rings (SSSR count). The summed E-state index contributed by atoms with van der Waals surface area (Å²) in [5.74, 6) is 0.862. The summed E-state index contributed by atoms with van der Waals surface area (Å²) in [6.07, 6.45) is 5.14. The highest BCUT2D eigenvalue weighted by atomic mass is 16.5. The second-order valence-electron chi connectivity index (χ2n) is 9.49. The van der Waals surface area contributed by atoms with Gasteiger partial charge in [0.25, 0.3) is 5.91 Å². The van der Waals surface area contributed by atoms with Gasteiger partial charge in [0.05, 0.1) is 19.8 Å². The Balaban J connectivity index is 1.66. The molecule has 3 heterocycles. The maximum atomic E-state index is 13.7. The Morgan fingerprint density at radius 2 is 2.06 bits per heavy atom. The number of hydrogen-bond donors (Lipinski definition) is 1. The average Bonchev–Trinajstić information content (AvgIpc) is 2.90. The van der Waals surface area contributed by atoms with Crippen LogP contribution in [0.3, 0.4) is 0 Å². The maximum Gasteiger partial charge on any atom is 0.259 e. The summed E-state index contributed by atoms with van der Waals surface area (Å²) in [6.45, 7) is 5.64. The van der Waals surface area contributed by atoms with E-state index >= 15 is 0 Å². The van der Waals surface area contributed by atoms with Crippen molar-refractivity contribution < 1.29 is 19.4 Å². The van der Waals surface area contributed by atoms with E-state index in [4.69, 9.17) is 9.47 Å². The number of hydrogen-bond acceptors (Lipinski definition) is 7. The minimum atomic E-state index is -0.333. The lowest BCUT2D eigenvalue weighted by Crippen LogP contribution is -2.49. The number of carbonyl (C=O) groups is 1. The number of nitrogens with zero attached hydrogens (tertiary/aromatic N) is 4. The molecule has 190 valence electrons. The van der Waals surface area contributed by atoms with Gasteiger partial charge in [-0.25, -0.2) is 4.98 Å². The van der Waals surface area contributed by atoms with Gasteiger partial charge in [0.2, 0.25) is 5.88 Å². The minimum absolute atomic E-state index is 0.0207. The molecule has 0 spiro atoms. The summed E-state index contributed by atoms with van der Waals surface area (Å²) >= 11 is 0. The molecule has 3 atom stereocenters. The molecule has 1 aromatic carbocycles. The second kappa shape index (κ2) is 11.5. The summed E-state index contributed by atoms with van der Waals surface area (Å²) in [7, 11) is 3.66. The van der Waals surface area contributed by atoms with E-state index in [0.29, 0.717) is 24.5 Å². The van der Waals surface area contributed by atoms with E-state index in [0.717, 1.165) is 29.0 Å². The first-order valence-electron chi connectivity index (χ1n) is 12.2. The van der Waals surface area contributed by atoms with Crippen LogP contribution < -0.4 is 9.47 Å². The third-order valence-corrected chi connectivity index (χ3v) is 6.59. The fourth-order valence-corrected chi connectivity index (χ4v) is 4.46. The van der Waals surface area contributed by atoms with Crippen LogP contribution in [-0.2, 0) is 6.54 Å². The molecule has 1 amide bonds. The number of rotatable bonds is 8. The van der Waals surface area contributed by atoms with Crippen molar-refractivity contribution in [3.63, 3.8) is 0 Å². The predicted octanol–water partition coefficient (Wildman–Crippen LogP) is 3.50. The molecule has 1 N–H and O–H groups in total. The Morgan fingerprint density at radius 3 is 2.78 bits per heavy atom. The molecule has 2 aromatic heterocycles. The smallest absolute Gasteiger partial charge is 0.259 e. The highest BCUT2D eigenvalue weighted by Gasteiger charge is 2.34. The largest absolute Gasteiger partial charge is 0.497 e. The van der Waals surface area contributed by atoms with Crippen LogP contribution in [0, 0.1) is 5.92 Å². The van der Waals surface area contributed by atoms with Gasteiger partial charge >= 0.3 is 0 Å². The Hall–Kier alpha value is -3.49. The molecule has 0 saturated carbocycles. The molecule has 0 saturated heterocycles. The number of pyridine rings is 2. The van der Waals surface area contributed by atoms with Gasteiger partial charge in [0, 0.05) is 49.7 Å². The topological polar surface area (TPSA) is 88.0 Å². The van der Waals surface area contributed by atoms with E-state index < -0.39 is 0 Å². The van der Waals surface area contributed by atoms with Crippen LogP contribution in [-0.4, -0.2) is 76.8 Å². The normalized spacial score (nSPS) is 18.7. The van der Waals surface area contributed by atoms with Crippen LogP contribution in [0.15, 0.2) is 61.1 Å². The monoisotopic (exact) mass is 490 g/mol. The van der Waals surface area contributed by atoms with Gasteiger partial charge in [-0.3, -0.25) is 14.7 Å². The predicted molar refractivity (Wildman–Crippen MR) is 138 cm³/mol. The van der Waals surface area contributed by atoms with Gasteiger partial charge < -0.3 is 19.5 Å². The van der Waals surface area contributed by atoms with Crippen LogP contribution in [0.5, 0.6) is 11.6 Å². The van der Waals surface area contributed by atoms with Crippen molar-refractivity contribution in [2.75, 3.05) is 33.9 Å². The standard InChI is InChI=1S/C28H34N4O4/c1-19-15-32(20(2)18-33)28(34)25-12-23(22-8-5-9-24(11-22)35-4)14-30-27(25)36-26(19)17-31(3)16-21-7-6-10-29-13-21/h5-14,19-20,26,33H,15-18H2,1-4H3/t19-,20-,26+/m0/s1. The van der Waals surface area contributed by atoms with Crippen LogP contribution >= 0.6 is 0 Å². The van der Waals surface area contributed by atoms with E-state index in [-0.39, 0.29) is 30.6 Å². The molecule has 1 aliphatic heterocycles. The minimum Gasteiger partial charge on any atom is -0.497 e. The molecule has 0 bridgehead atoms. The highest BCUT2D eigenvalue weighted by molar-refractivity contribution is 5.98. The summed E-state index contributed by atoms with van der Waals surface area (Å²) in [5.41, 5.74) is 3.19. The zero-order valence-electron chi connectivity index (χ0n) is 21.3. The number of aromatic nitrogens is 2. The average molecular weight is 491 g/mol. The van der Waals surface area contributed by atoms with E-state index in [9.17, 15) is 9.90 Å². The Morgan fingerprint density at radius 1 is 1.22 bits per heavy atom. The fourth-order valence-electron chi connectivity index (χ4n) is 4.46. The van der Waals surface area contributed by atoms with Crippen molar-refractivity contribution in [1.29, 1.82) is 0 Å². The van der Waals surface area contributed by atoms with Crippen molar-refractivity contribution in [3.05, 3.63) is 72.2 Å². The SMILES string of the molecule is COc1cccc(-c2cnc3c(c2)C(=O)N([C@@H](C)CO)C[C@H](C)[C@@H](CN(C)Cc2cccnc2)O3)c1. The van der Waals surface area contributed by atoms with Gasteiger partial charge in [-0.15, -0.1) is 0 Å². The summed E-state index contributed by atoms with van der Waals surface area (Å²) in [5, 5.41) is 9.90. The lowest BCUT2D eigenvalue weighted by molar-refractivity contribution is 0.0325. The van der Waals surface area contributed by atoms with Crippen LogP contribution in [0.2, 0.25) is 0 Å². The first-order chi connectivity index (χ1) is 17.4. The number of likely N-dealkylation sites (N-methyl/N-ethyl adjacent to an activating group) is 1. The van der Waals surface area contributed by atoms with Crippen LogP contribution in [0.25, 0.3) is 11.1 Å². The van der Waals surface area contributed by atoms with Gasteiger partial charge in [-0.1, -0.05) is 25.1 Å². The summed E-state index contributed by atoms with van der Waals surface area (Å²) in [4.78, 5) is 26.4. The number of ether oxygens (including phenoxy) is 2. The van der Waals surface area contributed by atoms with Crippen molar-refractivity contribution in [3.8, 4) is 22.8 Å². The van der Waals surface area contributed by atoms with E-state index in [1.807, 2.05) is 62.6 Å². The number of fused-ring (bicyclic) bond motifs is 1. The number of aliphatic hydroxyl groups is 1. The van der Waals surface area contributed by atoms with Gasteiger partial charge in [-0.2, -0.15) is 0 Å². The number of methoxy groups -OCH3 is 1. The quantitative estimate of drug-likeness (QED) is 0.517. The van der Waals surface area contributed by atoms with Gasteiger partial charge in [-0.05, 0) is 49.4 Å². The molecule has 8 heteroatoms. The number of benzene rings is 1. The first kappa shape index (κ1) is 25.6. The first-order valence-corrected chi connectivity index (χ1v) is 12.2. The van der Waals surface area contributed by atoms with Crippen LogP contribution in [0.1, 0.15) is 29.8 Å². The molecular formula is C28H34N4O4. The molecule has 36 heavy (non-hydrogen) atoms. The van der Waals surface area contributed by atoms with E-state index in [1.54, 1.807) is 24.4 Å². The molecule has 0 radical (unpaired) electrons. The molecule has 0 unspecified atom stereocenters. The van der Waals surface area contributed by atoms with E-state index in [1.165, 1.54) is 0 Å². The zero-order valence-corrected chi connectivity index (χ0v) is 21.3. The van der Waals surface area contributed by atoms with Crippen LogP contribution in [0.4, 0.5) is 0 Å². The molecule has 0 fully saturated rings. The van der Waals surface area contributed by atoms with E-state index in [2.05, 4.69) is 21.8 Å². The summed E-state index contributed by atoms with van der Waals surface area (Å²) in [6, 6.07) is 13.1. The van der Waals surface area contributed by atoms with Crippen molar-refractivity contribution in [2.45, 2.75) is 32.5 Å². The summed E-state index contributed by atoms with van der Waals surface area (Å²) < 4.78 is 11.8. The molecule has 3 aromatic rings. The van der Waals surface area contributed by atoms with Gasteiger partial charge in [0.15, 0.2) is 0 Å². The van der Waals surface area contributed by atoms with Crippen molar-refractivity contribution >= 4 is 5.91 Å². The fraction of sp³-hybridized carbons (Fsp3) is 0.393. The lowest BCUT2D eigenvalue weighted by Gasteiger charge is -2.37. The maximum absolute atomic E-state index is 13.7. The molecular weight excluding hydrogens is 456 g/mol. The zero-order chi connectivity index (χ0) is 25.7. The molecule has 1 aliphatic rings. The third-order valence-electron chi connectivity index (χ3n) is 6.59.